The molecule has 0 fully saturated rings. The van der Waals surface area contributed by atoms with Crippen LogP contribution in [-0.2, 0) is 5.41 Å². The van der Waals surface area contributed by atoms with Gasteiger partial charge in [0.25, 0.3) is 5.65 Å². The van der Waals surface area contributed by atoms with E-state index in [9.17, 15) is 4.79 Å². The van der Waals surface area contributed by atoms with Crippen molar-refractivity contribution < 1.29 is 14.5 Å². The van der Waals surface area contributed by atoms with Crippen LogP contribution >= 0.6 is 0 Å². The smallest absolute Gasteiger partial charge is 0.323 e. The van der Waals surface area contributed by atoms with Crippen molar-refractivity contribution in [1.29, 1.82) is 0 Å². The molecule has 7 nitrogen and oxygen atoms in total. The number of urea groups is 1. The number of nitrogens with one attached hydrogen (secondary N) is 4. The van der Waals surface area contributed by atoms with Gasteiger partial charge in [0, 0.05) is 10.9 Å². The third-order valence-electron chi connectivity index (χ3n) is 6.12. The van der Waals surface area contributed by atoms with Crippen LogP contribution < -0.4 is 20.4 Å². The molecule has 0 spiro atoms. The van der Waals surface area contributed by atoms with Gasteiger partial charge in [0.1, 0.15) is 11.9 Å². The number of H-pyrrole nitrogens is 2. The van der Waals surface area contributed by atoms with E-state index >= 15 is 0 Å². The van der Waals surface area contributed by atoms with Crippen molar-refractivity contribution >= 4 is 39.3 Å². The summed E-state index contributed by atoms with van der Waals surface area (Å²) in [5.41, 5.74) is 6.16. The van der Waals surface area contributed by atoms with Gasteiger partial charge in [0.05, 0.1) is 18.5 Å². The molecular formula is C28H28N5O2+. The molecule has 2 heterocycles. The van der Waals surface area contributed by atoms with Crippen molar-refractivity contribution in [3.05, 3.63) is 78.8 Å². The van der Waals surface area contributed by atoms with E-state index in [0.717, 1.165) is 44.3 Å². The molecule has 0 atom stereocenters. The van der Waals surface area contributed by atoms with E-state index in [1.165, 1.54) is 0 Å². The Kier molecular flexibility index (Phi) is 5.61. The summed E-state index contributed by atoms with van der Waals surface area (Å²) in [6.45, 7) is 6.40. The second-order valence-electron chi connectivity index (χ2n) is 9.50. The number of ether oxygens (including phenoxy) is 1. The molecule has 2 amide bonds. The van der Waals surface area contributed by atoms with E-state index in [1.807, 2.05) is 54.7 Å². The molecule has 35 heavy (non-hydrogen) atoms. The first kappa shape index (κ1) is 22.4. The fourth-order valence-electron chi connectivity index (χ4n) is 4.23. The van der Waals surface area contributed by atoms with Gasteiger partial charge in [0.2, 0.25) is 0 Å². The van der Waals surface area contributed by atoms with Crippen LogP contribution in [0.15, 0.2) is 73.2 Å². The van der Waals surface area contributed by atoms with Crippen molar-refractivity contribution in [2.75, 3.05) is 17.7 Å². The number of methoxy groups -OCH3 is 1. The van der Waals surface area contributed by atoms with Crippen molar-refractivity contribution in [1.82, 2.24) is 9.97 Å². The molecule has 0 aliphatic heterocycles. The number of aromatic amines is 2. The van der Waals surface area contributed by atoms with Crippen molar-refractivity contribution in [2.45, 2.75) is 26.2 Å². The van der Waals surface area contributed by atoms with Crippen molar-refractivity contribution in [3.63, 3.8) is 0 Å². The monoisotopic (exact) mass is 466 g/mol. The zero-order valence-electron chi connectivity index (χ0n) is 20.2. The molecule has 0 saturated carbocycles. The van der Waals surface area contributed by atoms with Crippen LogP contribution in [0.3, 0.4) is 0 Å². The number of fused-ring (bicyclic) bond motifs is 2. The molecule has 2 aromatic heterocycles. The lowest BCUT2D eigenvalue weighted by Gasteiger charge is -2.21. The first-order chi connectivity index (χ1) is 16.8. The maximum atomic E-state index is 13.0. The summed E-state index contributed by atoms with van der Waals surface area (Å²) in [5, 5.41) is 7.93. The van der Waals surface area contributed by atoms with Gasteiger partial charge in [-0.3, -0.25) is 4.98 Å². The summed E-state index contributed by atoms with van der Waals surface area (Å²) in [6, 6.07) is 19.5. The minimum atomic E-state index is -0.336. The zero-order chi connectivity index (χ0) is 24.6. The number of hydrogen-bond donors (Lipinski definition) is 3. The molecule has 4 N–H and O–H groups in total. The van der Waals surface area contributed by atoms with Gasteiger partial charge in [-0.25, -0.2) is 9.78 Å². The molecule has 0 unspecified atom stereocenters. The van der Waals surface area contributed by atoms with E-state index in [0.29, 0.717) is 11.4 Å². The summed E-state index contributed by atoms with van der Waals surface area (Å²) >= 11 is 0. The minimum absolute atomic E-state index is 0.0543. The molecule has 0 saturated heterocycles. The van der Waals surface area contributed by atoms with Gasteiger partial charge < -0.3 is 15.4 Å². The highest BCUT2D eigenvalue weighted by Crippen LogP contribution is 2.35. The quantitative estimate of drug-likeness (QED) is 0.297. The largest absolute Gasteiger partial charge is 0.495 e. The van der Waals surface area contributed by atoms with Gasteiger partial charge in [-0.05, 0) is 46.2 Å². The second-order valence-corrected chi connectivity index (χ2v) is 9.50. The lowest BCUT2D eigenvalue weighted by atomic mass is 9.87. The standard InChI is InChI=1S/C28H27N5O2/c1-28(2,3)18-9-12-25(35-4)23(14-18)33-27(34)32-22-11-10-19(20-7-5-6-8-21(20)22)17-13-24-26(29-15-17)31-16-30-24/h5-16H,1-4H3,(H,29,30,31)(H2,32,33,34)/p+1. The second kappa shape index (κ2) is 8.76. The van der Waals surface area contributed by atoms with Gasteiger partial charge >= 0.3 is 6.03 Å². The van der Waals surface area contributed by atoms with Crippen LogP contribution in [-0.4, -0.2) is 23.1 Å². The van der Waals surface area contributed by atoms with E-state index in [4.69, 9.17) is 4.74 Å². The Balaban J connectivity index is 1.47. The maximum absolute atomic E-state index is 13.0. The molecule has 3 aromatic carbocycles. The maximum Gasteiger partial charge on any atom is 0.323 e. The Labute approximate surface area is 203 Å². The Morgan fingerprint density at radius 1 is 0.971 bits per heavy atom. The van der Waals surface area contributed by atoms with Crippen molar-refractivity contribution in [2.24, 2.45) is 0 Å². The zero-order valence-corrected chi connectivity index (χ0v) is 20.2. The number of carbonyl (C=O) groups excluding carboxylic acids is 1. The van der Waals surface area contributed by atoms with Crippen LogP contribution in [0.4, 0.5) is 16.2 Å². The Morgan fingerprint density at radius 2 is 1.74 bits per heavy atom. The van der Waals surface area contributed by atoms with E-state index in [1.54, 1.807) is 13.4 Å². The molecule has 0 radical (unpaired) electrons. The molecule has 0 aliphatic carbocycles. The number of pyridine rings is 1. The normalized spacial score (nSPS) is 11.5. The third-order valence-corrected chi connectivity index (χ3v) is 6.12. The average Bonchev–Trinajstić information content (AvgIpc) is 3.31. The topological polar surface area (TPSA) is 93.2 Å². The van der Waals surface area contributed by atoms with Crippen LogP contribution in [0.2, 0.25) is 0 Å². The van der Waals surface area contributed by atoms with Crippen LogP contribution in [0.1, 0.15) is 26.3 Å². The van der Waals surface area contributed by atoms with Crippen LogP contribution in [0.5, 0.6) is 5.75 Å². The van der Waals surface area contributed by atoms with Gasteiger partial charge in [0.15, 0.2) is 11.8 Å². The molecule has 5 rings (SSSR count). The fraction of sp³-hybridized carbons (Fsp3) is 0.179. The molecule has 0 bridgehead atoms. The lowest BCUT2D eigenvalue weighted by molar-refractivity contribution is -0.347. The number of aromatic nitrogens is 3. The number of amides is 2. The predicted octanol–water partition coefficient (Wildman–Crippen LogP) is 6.15. The summed E-state index contributed by atoms with van der Waals surface area (Å²) in [4.78, 5) is 23.8. The molecule has 176 valence electrons. The summed E-state index contributed by atoms with van der Waals surface area (Å²) < 4.78 is 5.47. The number of imidazole rings is 1. The Hall–Kier alpha value is -4.39. The van der Waals surface area contributed by atoms with Gasteiger partial charge in [-0.1, -0.05) is 57.2 Å². The fourth-order valence-corrected chi connectivity index (χ4v) is 4.23. The van der Waals surface area contributed by atoms with Crippen molar-refractivity contribution in [3.8, 4) is 16.9 Å². The summed E-state index contributed by atoms with van der Waals surface area (Å²) in [5.74, 6) is 0.609. The van der Waals surface area contributed by atoms with E-state index < -0.39 is 0 Å². The third kappa shape index (κ3) is 4.40. The summed E-state index contributed by atoms with van der Waals surface area (Å²) in [7, 11) is 1.60. The number of benzene rings is 3. The average molecular weight is 467 g/mol. The van der Waals surface area contributed by atoms with Crippen LogP contribution in [0, 0.1) is 0 Å². The SMILES string of the molecule is COc1ccc(C(C)(C)C)cc1NC(=O)Nc1ccc(-c2cnc3[nH+]c[nH]c3c2)c2ccccc12. The number of nitrogens with zero attached hydrogens (tertiary/aromatic N) is 1. The lowest BCUT2D eigenvalue weighted by Crippen LogP contribution is -2.21. The van der Waals surface area contributed by atoms with E-state index in [-0.39, 0.29) is 11.4 Å². The Morgan fingerprint density at radius 3 is 2.51 bits per heavy atom. The number of rotatable bonds is 4. The molecular weight excluding hydrogens is 438 g/mol. The number of anilines is 2. The highest BCUT2D eigenvalue weighted by Gasteiger charge is 2.18. The minimum Gasteiger partial charge on any atom is -0.495 e. The predicted molar refractivity (Wildman–Crippen MR) is 140 cm³/mol. The highest BCUT2D eigenvalue weighted by atomic mass is 16.5. The van der Waals surface area contributed by atoms with Gasteiger partial charge in [-0.2, -0.15) is 0 Å². The van der Waals surface area contributed by atoms with Gasteiger partial charge in [-0.15, -0.1) is 4.98 Å². The molecule has 5 aromatic rings. The first-order valence-corrected chi connectivity index (χ1v) is 11.5. The summed E-state index contributed by atoms with van der Waals surface area (Å²) in [6.07, 6.45) is 3.61. The van der Waals surface area contributed by atoms with Crippen LogP contribution in [0.25, 0.3) is 33.1 Å². The molecule has 7 heteroatoms. The van der Waals surface area contributed by atoms with E-state index in [2.05, 4.69) is 58.5 Å². The highest BCUT2D eigenvalue weighted by molar-refractivity contribution is 6.10. The number of carbonyl (C=O) groups is 1. The molecule has 0 aliphatic rings. The first-order valence-electron chi connectivity index (χ1n) is 11.5. The number of hydrogen-bond acceptors (Lipinski definition) is 3. The Bertz CT molecular complexity index is 1550.